The first-order valence-corrected chi connectivity index (χ1v) is 5.05. The summed E-state index contributed by atoms with van der Waals surface area (Å²) >= 11 is 5.59. The van der Waals surface area contributed by atoms with Crippen molar-refractivity contribution in [2.24, 2.45) is 0 Å². The number of hydrogen-bond donors (Lipinski definition) is 1. The van der Waals surface area contributed by atoms with Gasteiger partial charge in [0.05, 0.1) is 5.69 Å². The van der Waals surface area contributed by atoms with Crippen LogP contribution in [0.3, 0.4) is 0 Å². The first-order chi connectivity index (χ1) is 7.65. The smallest absolute Gasteiger partial charge is 0.153 e. The van der Waals surface area contributed by atoms with Gasteiger partial charge in [-0.15, -0.1) is 10.2 Å². The van der Waals surface area contributed by atoms with Gasteiger partial charge < -0.3 is 5.32 Å². The Morgan fingerprint density at radius 3 is 2.62 bits per heavy atom. The number of aryl methyl sites for hydroxylation is 1. The third-order valence-electron chi connectivity index (χ3n) is 2.02. The average Bonchev–Trinajstić information content (AvgIpc) is 2.25. The molecule has 0 fully saturated rings. The molecule has 0 aliphatic heterocycles. The Hall–Kier alpha value is -1.68. The molecule has 82 valence electrons. The van der Waals surface area contributed by atoms with Crippen LogP contribution in [0.2, 0.25) is 5.15 Å². The average molecular weight is 238 g/mol. The number of benzene rings is 1. The molecule has 16 heavy (non-hydrogen) atoms. The molecule has 0 bridgehead atoms. The van der Waals surface area contributed by atoms with Crippen molar-refractivity contribution in [3.05, 3.63) is 46.9 Å². The molecule has 0 spiro atoms. The van der Waals surface area contributed by atoms with Crippen molar-refractivity contribution in [1.29, 1.82) is 0 Å². The lowest BCUT2D eigenvalue weighted by molar-refractivity contribution is 0.630. The number of halogens is 2. The van der Waals surface area contributed by atoms with Crippen molar-refractivity contribution in [2.75, 3.05) is 5.32 Å². The number of nitrogens with one attached hydrogen (secondary N) is 1. The summed E-state index contributed by atoms with van der Waals surface area (Å²) in [7, 11) is 0. The van der Waals surface area contributed by atoms with Gasteiger partial charge in [0, 0.05) is 0 Å². The van der Waals surface area contributed by atoms with Crippen LogP contribution >= 0.6 is 11.6 Å². The number of nitrogens with zero attached hydrogens (tertiary/aromatic N) is 2. The highest BCUT2D eigenvalue weighted by Gasteiger charge is 2.03. The van der Waals surface area contributed by atoms with Crippen LogP contribution in [-0.4, -0.2) is 10.2 Å². The highest BCUT2D eigenvalue weighted by atomic mass is 35.5. The number of rotatable bonds is 2. The summed E-state index contributed by atoms with van der Waals surface area (Å²) in [6.07, 6.45) is 0. The van der Waals surface area contributed by atoms with E-state index in [0.29, 0.717) is 16.7 Å². The van der Waals surface area contributed by atoms with Gasteiger partial charge in [-0.25, -0.2) is 4.39 Å². The summed E-state index contributed by atoms with van der Waals surface area (Å²) in [6, 6.07) is 8.14. The van der Waals surface area contributed by atoms with Crippen LogP contribution < -0.4 is 5.32 Å². The minimum atomic E-state index is -0.322. The summed E-state index contributed by atoms with van der Waals surface area (Å²) in [6.45, 7) is 1.83. The topological polar surface area (TPSA) is 37.8 Å². The molecule has 1 aromatic carbocycles. The number of aromatic nitrogens is 2. The van der Waals surface area contributed by atoms with Gasteiger partial charge in [0.2, 0.25) is 0 Å². The molecule has 0 aliphatic carbocycles. The van der Waals surface area contributed by atoms with Gasteiger partial charge in [-0.3, -0.25) is 0 Å². The van der Waals surface area contributed by atoms with Crippen molar-refractivity contribution in [2.45, 2.75) is 6.92 Å². The number of hydrogen-bond acceptors (Lipinski definition) is 3. The normalized spacial score (nSPS) is 10.2. The summed E-state index contributed by atoms with van der Waals surface area (Å²) < 4.78 is 13.5. The fraction of sp³-hybridized carbons (Fsp3) is 0.0909. The maximum absolute atomic E-state index is 13.5. The Labute approximate surface area is 97.3 Å². The molecule has 0 saturated carbocycles. The van der Waals surface area contributed by atoms with E-state index in [0.717, 1.165) is 5.56 Å². The standard InChI is InChI=1S/C11H9ClFN3/c1-7-2-3-9(8(13)6-7)14-11-5-4-10(12)15-16-11/h2-6H,1H3,(H,14,16). The van der Waals surface area contributed by atoms with E-state index in [1.165, 1.54) is 6.07 Å². The molecular weight excluding hydrogens is 229 g/mol. The first kappa shape index (κ1) is 10.8. The fourth-order valence-corrected chi connectivity index (χ4v) is 1.34. The van der Waals surface area contributed by atoms with E-state index >= 15 is 0 Å². The lowest BCUT2D eigenvalue weighted by Gasteiger charge is -2.06. The monoisotopic (exact) mass is 237 g/mol. The van der Waals surface area contributed by atoms with Crippen molar-refractivity contribution in [3.8, 4) is 0 Å². The van der Waals surface area contributed by atoms with Crippen molar-refractivity contribution in [3.63, 3.8) is 0 Å². The SMILES string of the molecule is Cc1ccc(Nc2ccc(Cl)nn2)c(F)c1. The van der Waals surface area contributed by atoms with Gasteiger partial charge in [0.25, 0.3) is 0 Å². The predicted molar refractivity (Wildman–Crippen MR) is 61.5 cm³/mol. The van der Waals surface area contributed by atoms with E-state index in [2.05, 4.69) is 15.5 Å². The van der Waals surface area contributed by atoms with Crippen LogP contribution in [-0.2, 0) is 0 Å². The Morgan fingerprint density at radius 2 is 2.00 bits per heavy atom. The second kappa shape index (κ2) is 4.45. The first-order valence-electron chi connectivity index (χ1n) is 4.67. The van der Waals surface area contributed by atoms with Crippen LogP contribution in [0.5, 0.6) is 0 Å². The van der Waals surface area contributed by atoms with Crippen LogP contribution in [0.25, 0.3) is 0 Å². The highest BCUT2D eigenvalue weighted by Crippen LogP contribution is 2.19. The molecule has 0 atom stereocenters. The molecule has 0 saturated heterocycles. The minimum Gasteiger partial charge on any atom is -0.336 e. The lowest BCUT2D eigenvalue weighted by Crippen LogP contribution is -1.97. The zero-order valence-corrected chi connectivity index (χ0v) is 9.29. The van der Waals surface area contributed by atoms with E-state index in [1.807, 2.05) is 13.0 Å². The third kappa shape index (κ3) is 2.46. The molecular formula is C11H9ClFN3. The van der Waals surface area contributed by atoms with E-state index in [9.17, 15) is 4.39 Å². The maximum atomic E-state index is 13.5. The third-order valence-corrected chi connectivity index (χ3v) is 2.22. The summed E-state index contributed by atoms with van der Waals surface area (Å²) in [4.78, 5) is 0. The van der Waals surface area contributed by atoms with Gasteiger partial charge in [-0.2, -0.15) is 0 Å². The molecule has 0 aliphatic rings. The quantitative estimate of drug-likeness (QED) is 0.871. The highest BCUT2D eigenvalue weighted by molar-refractivity contribution is 6.29. The Bertz CT molecular complexity index is 499. The summed E-state index contributed by atoms with van der Waals surface area (Å²) in [5, 5.41) is 10.6. The predicted octanol–water partition coefficient (Wildman–Crippen LogP) is 3.32. The molecule has 2 aromatic rings. The van der Waals surface area contributed by atoms with Gasteiger partial charge in [0.1, 0.15) is 5.82 Å². The molecule has 1 aromatic heterocycles. The minimum absolute atomic E-state index is 0.301. The zero-order chi connectivity index (χ0) is 11.5. The van der Waals surface area contributed by atoms with E-state index in [-0.39, 0.29) is 5.82 Å². The molecule has 0 amide bonds. The van der Waals surface area contributed by atoms with Gasteiger partial charge >= 0.3 is 0 Å². The Morgan fingerprint density at radius 1 is 1.19 bits per heavy atom. The van der Waals surface area contributed by atoms with Gasteiger partial charge in [-0.05, 0) is 36.8 Å². The molecule has 0 radical (unpaired) electrons. The van der Waals surface area contributed by atoms with Crippen LogP contribution in [0.4, 0.5) is 15.9 Å². The van der Waals surface area contributed by atoms with Gasteiger partial charge in [0.15, 0.2) is 11.0 Å². The Balaban J connectivity index is 2.23. The lowest BCUT2D eigenvalue weighted by atomic mass is 10.2. The van der Waals surface area contributed by atoms with Crippen molar-refractivity contribution in [1.82, 2.24) is 10.2 Å². The van der Waals surface area contributed by atoms with Crippen LogP contribution in [0.1, 0.15) is 5.56 Å². The fourth-order valence-electron chi connectivity index (χ4n) is 1.24. The van der Waals surface area contributed by atoms with Crippen molar-refractivity contribution >= 4 is 23.1 Å². The number of anilines is 2. The molecule has 3 nitrogen and oxygen atoms in total. The van der Waals surface area contributed by atoms with E-state index in [4.69, 9.17) is 11.6 Å². The second-order valence-corrected chi connectivity index (χ2v) is 3.74. The molecule has 1 heterocycles. The van der Waals surface area contributed by atoms with Gasteiger partial charge in [-0.1, -0.05) is 17.7 Å². The van der Waals surface area contributed by atoms with E-state index in [1.54, 1.807) is 18.2 Å². The molecule has 1 N–H and O–H groups in total. The zero-order valence-electron chi connectivity index (χ0n) is 8.54. The van der Waals surface area contributed by atoms with Crippen molar-refractivity contribution < 1.29 is 4.39 Å². The Kier molecular flexibility index (Phi) is 3.01. The molecule has 2 rings (SSSR count). The molecule has 5 heteroatoms. The maximum Gasteiger partial charge on any atom is 0.153 e. The molecule has 0 unspecified atom stereocenters. The summed E-state index contributed by atoms with van der Waals surface area (Å²) in [5.41, 5.74) is 1.23. The van der Waals surface area contributed by atoms with E-state index < -0.39 is 0 Å². The second-order valence-electron chi connectivity index (χ2n) is 3.35. The van der Waals surface area contributed by atoms with Crippen LogP contribution in [0.15, 0.2) is 30.3 Å². The summed E-state index contributed by atoms with van der Waals surface area (Å²) in [5.74, 6) is 0.129. The van der Waals surface area contributed by atoms with Crippen LogP contribution in [0, 0.1) is 12.7 Å². The largest absolute Gasteiger partial charge is 0.336 e.